The van der Waals surface area contributed by atoms with Crippen LogP contribution in [0.5, 0.6) is 0 Å². The van der Waals surface area contributed by atoms with Crippen LogP contribution in [0.3, 0.4) is 0 Å². The maximum atomic E-state index is 12.7. The predicted octanol–water partition coefficient (Wildman–Crippen LogP) is 15.8. The third-order valence-corrected chi connectivity index (χ3v) is 9.83. The van der Waals surface area contributed by atoms with Crippen LogP contribution in [0.4, 0.5) is 0 Å². The van der Waals surface area contributed by atoms with Crippen LogP contribution >= 0.6 is 0 Å². The van der Waals surface area contributed by atoms with Crippen molar-refractivity contribution in [2.75, 3.05) is 13.2 Å². The van der Waals surface area contributed by atoms with Crippen molar-refractivity contribution in [3.8, 4) is 0 Å². The quantitative estimate of drug-likeness (QED) is 0.0200. The molecule has 1 unspecified atom stereocenters. The van der Waals surface area contributed by atoms with Crippen LogP contribution < -0.4 is 0 Å². The number of hydrogen-bond donors (Lipinski definition) is 0. The summed E-state index contributed by atoms with van der Waals surface area (Å²) in [4.78, 5) is 37.8. The molecule has 0 N–H and O–H groups in total. The fraction of sp³-hybridized carbons (Fsp3) is 0.648. The molecule has 0 saturated heterocycles. The van der Waals surface area contributed by atoms with Gasteiger partial charge in [-0.25, -0.2) is 0 Å². The predicted molar refractivity (Wildman–Crippen MR) is 256 cm³/mol. The fourth-order valence-corrected chi connectivity index (χ4v) is 6.22. The van der Waals surface area contributed by atoms with Gasteiger partial charge in [0.05, 0.1) is 0 Å². The molecule has 6 heteroatoms. The lowest BCUT2D eigenvalue weighted by Crippen LogP contribution is -2.30. The summed E-state index contributed by atoms with van der Waals surface area (Å²) in [5.74, 6) is -1.02. The zero-order valence-electron chi connectivity index (χ0n) is 38.7. The highest BCUT2D eigenvalue weighted by atomic mass is 16.6. The highest BCUT2D eigenvalue weighted by Gasteiger charge is 2.19. The number of hydrogen-bond acceptors (Lipinski definition) is 6. The molecule has 0 aliphatic carbocycles. The molecule has 340 valence electrons. The van der Waals surface area contributed by atoms with Gasteiger partial charge in [0.25, 0.3) is 0 Å². The highest BCUT2D eigenvalue weighted by Crippen LogP contribution is 2.12. The lowest BCUT2D eigenvalue weighted by Gasteiger charge is -2.18. The Morgan fingerprint density at radius 2 is 0.700 bits per heavy atom. The van der Waals surface area contributed by atoms with E-state index in [2.05, 4.69) is 118 Å². The molecule has 0 saturated carbocycles. The van der Waals surface area contributed by atoms with Crippen LogP contribution in [-0.2, 0) is 28.6 Å². The second kappa shape index (κ2) is 48.0. The van der Waals surface area contributed by atoms with Gasteiger partial charge in [-0.15, -0.1) is 0 Å². The van der Waals surface area contributed by atoms with Gasteiger partial charge >= 0.3 is 17.9 Å². The second-order valence-electron chi connectivity index (χ2n) is 15.6. The van der Waals surface area contributed by atoms with Crippen molar-refractivity contribution < 1.29 is 28.6 Å². The zero-order chi connectivity index (χ0) is 43.7. The molecule has 1 atom stereocenters. The first kappa shape index (κ1) is 56.3. The van der Waals surface area contributed by atoms with Crippen LogP contribution in [0.1, 0.15) is 207 Å². The van der Waals surface area contributed by atoms with E-state index >= 15 is 0 Å². The lowest BCUT2D eigenvalue weighted by atomic mass is 10.1. The first-order valence-electron chi connectivity index (χ1n) is 24.3. The Kier molecular flexibility index (Phi) is 45.1. The molecule has 0 amide bonds. The van der Waals surface area contributed by atoms with Gasteiger partial charge in [0.15, 0.2) is 6.10 Å². The number of esters is 3. The summed E-state index contributed by atoms with van der Waals surface area (Å²) in [5.41, 5.74) is 0. The van der Waals surface area contributed by atoms with Gasteiger partial charge in [-0.3, -0.25) is 14.4 Å². The van der Waals surface area contributed by atoms with Gasteiger partial charge in [0.2, 0.25) is 0 Å². The van der Waals surface area contributed by atoms with E-state index in [1.165, 1.54) is 51.4 Å². The number of ether oxygens (including phenoxy) is 3. The van der Waals surface area contributed by atoms with Gasteiger partial charge in [0, 0.05) is 19.3 Å². The zero-order valence-corrected chi connectivity index (χ0v) is 38.7. The van der Waals surface area contributed by atoms with Gasteiger partial charge in [0.1, 0.15) is 13.2 Å². The number of carbonyl (C=O) groups is 3. The monoisotopic (exact) mass is 833 g/mol. The molecule has 0 spiro atoms. The number of rotatable bonds is 42. The van der Waals surface area contributed by atoms with Gasteiger partial charge in [-0.1, -0.05) is 176 Å². The standard InChI is InChI=1S/C54H88O6/c1-4-7-10-13-16-19-22-25-26-27-28-29-30-33-35-38-41-44-47-53(56)59-50-51(60-54(57)48-45-42-39-36-32-24-21-18-15-12-9-6-3)49-58-52(55)46-43-40-37-34-31-23-20-17-14-11-8-5-2/h8-9,11-12,17-18,20-21,26-29,31-32,34,36,51H,4-7,10,13-16,19,22-25,30,33,35,37-50H2,1-3H3/b11-8-,12-9-,20-17-,21-18-,27-26-,29-28-,34-31-,36-32-. The Balaban J connectivity index is 4.48. The van der Waals surface area contributed by atoms with E-state index in [0.29, 0.717) is 19.3 Å². The van der Waals surface area contributed by atoms with Crippen molar-refractivity contribution in [2.45, 2.75) is 213 Å². The van der Waals surface area contributed by atoms with Crippen molar-refractivity contribution in [3.63, 3.8) is 0 Å². The maximum Gasteiger partial charge on any atom is 0.306 e. The van der Waals surface area contributed by atoms with Crippen molar-refractivity contribution in [3.05, 3.63) is 97.2 Å². The first-order chi connectivity index (χ1) is 29.5. The van der Waals surface area contributed by atoms with E-state index < -0.39 is 6.10 Å². The third-order valence-electron chi connectivity index (χ3n) is 9.83. The molecule has 0 radical (unpaired) electrons. The van der Waals surface area contributed by atoms with Crippen LogP contribution in [0.2, 0.25) is 0 Å². The van der Waals surface area contributed by atoms with Crippen molar-refractivity contribution in [1.82, 2.24) is 0 Å². The van der Waals surface area contributed by atoms with E-state index in [0.717, 1.165) is 109 Å². The van der Waals surface area contributed by atoms with Gasteiger partial charge in [-0.05, 0) is 109 Å². The van der Waals surface area contributed by atoms with Crippen LogP contribution in [0, 0.1) is 0 Å². The normalized spacial score (nSPS) is 12.9. The summed E-state index contributed by atoms with van der Waals surface area (Å²) in [6.07, 6.45) is 62.6. The minimum Gasteiger partial charge on any atom is -0.462 e. The molecule has 6 nitrogen and oxygen atoms in total. The van der Waals surface area contributed by atoms with Crippen molar-refractivity contribution in [1.29, 1.82) is 0 Å². The lowest BCUT2D eigenvalue weighted by molar-refractivity contribution is -0.167. The summed E-state index contributed by atoms with van der Waals surface area (Å²) in [6.45, 7) is 6.30. The largest absolute Gasteiger partial charge is 0.462 e. The highest BCUT2D eigenvalue weighted by molar-refractivity contribution is 5.71. The van der Waals surface area contributed by atoms with E-state index in [4.69, 9.17) is 14.2 Å². The molecule has 0 rings (SSSR count). The summed E-state index contributed by atoms with van der Waals surface area (Å²) in [7, 11) is 0. The smallest absolute Gasteiger partial charge is 0.306 e. The van der Waals surface area contributed by atoms with E-state index in [1.54, 1.807) is 0 Å². The number of unbranched alkanes of at least 4 members (excludes halogenated alkanes) is 16. The average molecular weight is 833 g/mol. The molecular weight excluding hydrogens is 745 g/mol. The molecule has 0 aromatic rings. The average Bonchev–Trinajstić information content (AvgIpc) is 3.24. The molecule has 0 bridgehead atoms. The van der Waals surface area contributed by atoms with Crippen LogP contribution in [0.15, 0.2) is 97.2 Å². The van der Waals surface area contributed by atoms with Gasteiger partial charge in [-0.2, -0.15) is 0 Å². The molecule has 0 heterocycles. The minimum atomic E-state index is -0.819. The molecule has 0 fully saturated rings. The first-order valence-corrected chi connectivity index (χ1v) is 24.3. The second-order valence-corrected chi connectivity index (χ2v) is 15.6. The fourth-order valence-electron chi connectivity index (χ4n) is 6.22. The molecule has 0 aromatic carbocycles. The summed E-state index contributed by atoms with van der Waals surface area (Å²) < 4.78 is 16.7. The van der Waals surface area contributed by atoms with Crippen molar-refractivity contribution in [2.24, 2.45) is 0 Å². The summed E-state index contributed by atoms with van der Waals surface area (Å²) in [6, 6.07) is 0. The molecule has 0 aliphatic heterocycles. The minimum absolute atomic E-state index is 0.115. The third kappa shape index (κ3) is 45.4. The Morgan fingerprint density at radius 1 is 0.367 bits per heavy atom. The molecular formula is C54H88O6. The maximum absolute atomic E-state index is 12.7. The number of carbonyl (C=O) groups excluding carboxylic acids is 3. The molecule has 0 aromatic heterocycles. The Morgan fingerprint density at radius 3 is 1.15 bits per heavy atom. The van der Waals surface area contributed by atoms with E-state index in [1.807, 2.05) is 0 Å². The Hall–Kier alpha value is -3.67. The SMILES string of the molecule is CC/C=C\C/C=C\C/C=C\CCCCC(=O)OCC(COC(=O)CCCCCCC/C=C\C=C/CCCCCCCCC)OC(=O)CCCC/C=C\C/C=C\C/C=C\CC. The Bertz CT molecular complexity index is 1230. The summed E-state index contributed by atoms with van der Waals surface area (Å²) >= 11 is 0. The van der Waals surface area contributed by atoms with Gasteiger partial charge < -0.3 is 14.2 Å². The topological polar surface area (TPSA) is 78.9 Å². The van der Waals surface area contributed by atoms with Crippen LogP contribution in [-0.4, -0.2) is 37.2 Å². The van der Waals surface area contributed by atoms with Crippen molar-refractivity contribution >= 4 is 17.9 Å². The molecule has 0 aliphatic rings. The molecule has 60 heavy (non-hydrogen) atoms. The number of allylic oxidation sites excluding steroid dienone is 16. The Labute approximate surface area is 368 Å². The van der Waals surface area contributed by atoms with Crippen LogP contribution in [0.25, 0.3) is 0 Å². The summed E-state index contributed by atoms with van der Waals surface area (Å²) in [5, 5.41) is 0. The van der Waals surface area contributed by atoms with E-state index in [-0.39, 0.29) is 37.5 Å². The van der Waals surface area contributed by atoms with E-state index in [9.17, 15) is 14.4 Å².